The molecule has 57 heavy (non-hydrogen) atoms. The van der Waals surface area contributed by atoms with Crippen molar-refractivity contribution in [1.29, 1.82) is 0 Å². The number of ether oxygens (including phenoxy) is 3. The van der Waals surface area contributed by atoms with Gasteiger partial charge in [-0.2, -0.15) is 4.39 Å². The van der Waals surface area contributed by atoms with Crippen LogP contribution < -0.4 is 19.5 Å². The number of fused-ring (bicyclic) bond motifs is 1. The van der Waals surface area contributed by atoms with Crippen molar-refractivity contribution < 1.29 is 50.5 Å². The van der Waals surface area contributed by atoms with Gasteiger partial charge in [0.05, 0.1) is 48.2 Å². The number of rotatable bonds is 15. The van der Waals surface area contributed by atoms with E-state index in [2.05, 4.69) is 25.0 Å². The summed E-state index contributed by atoms with van der Waals surface area (Å²) in [6.07, 6.45) is 3.83. The fourth-order valence-electron chi connectivity index (χ4n) is 6.10. The predicted molar refractivity (Wildman–Crippen MR) is 203 cm³/mol. The summed E-state index contributed by atoms with van der Waals surface area (Å²) in [4.78, 5) is 37.9. The van der Waals surface area contributed by atoms with Crippen LogP contribution in [0, 0.1) is 17.6 Å². The summed E-state index contributed by atoms with van der Waals surface area (Å²) >= 11 is 0. The van der Waals surface area contributed by atoms with Crippen molar-refractivity contribution >= 4 is 38.5 Å². The summed E-state index contributed by atoms with van der Waals surface area (Å²) in [6, 6.07) is 14.3. The van der Waals surface area contributed by atoms with Gasteiger partial charge in [-0.05, 0) is 78.2 Å². The minimum Gasteiger partial charge on any atom is -0.496 e. The second-order valence-electron chi connectivity index (χ2n) is 12.4. The molecule has 0 aliphatic rings. The number of halogens is 3. The Bertz CT molecular complexity index is 2550. The van der Waals surface area contributed by atoms with E-state index in [1.807, 2.05) is 6.92 Å². The molecule has 0 saturated heterocycles. The van der Waals surface area contributed by atoms with Gasteiger partial charge in [0.2, 0.25) is 5.95 Å². The smallest absolute Gasteiger partial charge is 0.326 e. The van der Waals surface area contributed by atoms with Crippen LogP contribution in [0.3, 0.4) is 0 Å². The second-order valence-corrected chi connectivity index (χ2v) is 14.1. The van der Waals surface area contributed by atoms with Gasteiger partial charge in [0, 0.05) is 48.6 Å². The number of sulfonamides is 1. The number of carboxylic acid groups (broad SMARTS) is 1. The number of carbonyl (C=O) groups excluding carboxylic acids is 1. The van der Waals surface area contributed by atoms with Gasteiger partial charge in [-0.25, -0.2) is 27.0 Å². The predicted octanol–water partition coefficient (Wildman–Crippen LogP) is 6.56. The average molecular weight is 802 g/mol. The summed E-state index contributed by atoms with van der Waals surface area (Å²) < 4.78 is 89.3. The Morgan fingerprint density at radius 3 is 2.16 bits per heavy atom. The van der Waals surface area contributed by atoms with Crippen LogP contribution in [-0.2, 0) is 32.6 Å². The van der Waals surface area contributed by atoms with E-state index in [1.165, 1.54) is 69.2 Å². The zero-order chi connectivity index (χ0) is 40.9. The number of benzene rings is 3. The van der Waals surface area contributed by atoms with Crippen LogP contribution in [0.4, 0.5) is 18.9 Å². The first-order valence-electron chi connectivity index (χ1n) is 17.2. The zero-order valence-corrected chi connectivity index (χ0v) is 31.4. The molecule has 1 amide bonds. The van der Waals surface area contributed by atoms with Gasteiger partial charge < -0.3 is 24.6 Å². The van der Waals surface area contributed by atoms with Gasteiger partial charge in [0.25, 0.3) is 15.9 Å². The van der Waals surface area contributed by atoms with Gasteiger partial charge in [0.1, 0.15) is 34.7 Å². The third-order valence-electron chi connectivity index (χ3n) is 8.78. The fraction of sp³-hybridized carbons (Fsp3) is 0.175. The highest BCUT2D eigenvalue weighted by Crippen LogP contribution is 2.42. The zero-order valence-electron chi connectivity index (χ0n) is 30.5. The molecule has 3 heterocycles. The number of pyridine rings is 3. The number of hydrogen-bond donors (Lipinski definition) is 3. The van der Waals surface area contributed by atoms with Crippen molar-refractivity contribution in [2.75, 3.05) is 25.5 Å². The molecule has 3 aromatic carbocycles. The van der Waals surface area contributed by atoms with E-state index in [-0.39, 0.29) is 10.6 Å². The van der Waals surface area contributed by atoms with Crippen molar-refractivity contribution in [3.05, 3.63) is 126 Å². The maximum absolute atomic E-state index is 15.3. The van der Waals surface area contributed by atoms with Crippen LogP contribution in [0.1, 0.15) is 28.5 Å². The van der Waals surface area contributed by atoms with E-state index < -0.39 is 63.2 Å². The van der Waals surface area contributed by atoms with E-state index in [0.717, 1.165) is 5.56 Å². The van der Waals surface area contributed by atoms with E-state index >= 15 is 8.78 Å². The molecular weight excluding hydrogens is 768 g/mol. The van der Waals surface area contributed by atoms with Gasteiger partial charge in [0.15, 0.2) is 0 Å². The first-order chi connectivity index (χ1) is 27.3. The number of carbonyl (C=O) groups is 2. The molecule has 1 atom stereocenters. The molecule has 0 aliphatic heterocycles. The van der Waals surface area contributed by atoms with Crippen LogP contribution in [0.25, 0.3) is 33.2 Å². The molecule has 6 aromatic rings. The van der Waals surface area contributed by atoms with Crippen molar-refractivity contribution in [2.24, 2.45) is 0 Å². The van der Waals surface area contributed by atoms with Crippen LogP contribution in [0.2, 0.25) is 0 Å². The van der Waals surface area contributed by atoms with Crippen molar-refractivity contribution in [2.45, 2.75) is 30.9 Å². The number of carboxylic acids is 1. The number of aromatic nitrogens is 3. The number of nitrogens with one attached hydrogen (secondary N) is 2. The Kier molecular flexibility index (Phi) is 12.0. The molecule has 0 spiro atoms. The lowest BCUT2D eigenvalue weighted by Crippen LogP contribution is -2.43. The van der Waals surface area contributed by atoms with Crippen LogP contribution in [0.15, 0.2) is 96.3 Å². The van der Waals surface area contributed by atoms with Gasteiger partial charge in [-0.3, -0.25) is 19.5 Å². The summed E-state index contributed by atoms with van der Waals surface area (Å²) in [5.74, 6) is -5.69. The quantitative estimate of drug-likeness (QED) is 0.0959. The highest BCUT2D eigenvalue weighted by molar-refractivity contribution is 7.92. The largest absolute Gasteiger partial charge is 0.496 e. The minimum absolute atomic E-state index is 0.201. The van der Waals surface area contributed by atoms with Crippen LogP contribution in [0.5, 0.6) is 11.5 Å². The molecule has 294 valence electrons. The molecule has 0 fully saturated rings. The second kappa shape index (κ2) is 17.1. The number of aliphatic carboxylic acids is 1. The highest BCUT2D eigenvalue weighted by Gasteiger charge is 2.28. The lowest BCUT2D eigenvalue weighted by Gasteiger charge is -2.19. The molecule has 0 saturated carbocycles. The van der Waals surface area contributed by atoms with E-state index in [1.54, 1.807) is 24.3 Å². The van der Waals surface area contributed by atoms with E-state index in [0.29, 0.717) is 70.0 Å². The molecule has 0 unspecified atom stereocenters. The molecule has 13 nitrogen and oxygen atoms in total. The lowest BCUT2D eigenvalue weighted by molar-refractivity contribution is -0.139. The molecule has 6 rings (SSSR count). The maximum atomic E-state index is 15.3. The number of anilines is 1. The normalized spacial score (nSPS) is 11.9. The molecule has 0 radical (unpaired) electrons. The molecule has 3 aromatic heterocycles. The Hall–Kier alpha value is -6.59. The van der Waals surface area contributed by atoms with E-state index in [4.69, 9.17) is 14.2 Å². The summed E-state index contributed by atoms with van der Waals surface area (Å²) in [5.41, 5.74) is 1.68. The van der Waals surface area contributed by atoms with Gasteiger partial charge >= 0.3 is 5.97 Å². The average Bonchev–Trinajstić information content (AvgIpc) is 3.19. The topological polar surface area (TPSA) is 179 Å². The molecule has 3 N–H and O–H groups in total. The number of nitrogens with zero attached hydrogens (tertiary/aromatic N) is 3. The third-order valence-corrected chi connectivity index (χ3v) is 10.2. The molecule has 0 bridgehead atoms. The van der Waals surface area contributed by atoms with E-state index in [9.17, 15) is 27.5 Å². The first-order valence-corrected chi connectivity index (χ1v) is 18.6. The Morgan fingerprint density at radius 1 is 0.860 bits per heavy atom. The lowest BCUT2D eigenvalue weighted by atomic mass is 9.98. The van der Waals surface area contributed by atoms with Crippen LogP contribution >= 0.6 is 0 Å². The van der Waals surface area contributed by atoms with Crippen molar-refractivity contribution in [3.63, 3.8) is 0 Å². The summed E-state index contributed by atoms with van der Waals surface area (Å²) in [5, 5.41) is 12.7. The summed E-state index contributed by atoms with van der Waals surface area (Å²) in [6.45, 7) is 2.69. The standard InChI is InChI=1S/C40H34F3N5O8S/c1-4-56-21-22-14-33(54-2)36(34(15-22)55-3)28-20-46-31(27-6-5-12-45-38(27)28)19-32(40(50)51)47-39(49)37-29(41)17-25(18-30(37)42)48-57(52,53)26-9-7-23(8-10-26)24-11-13-44-35(43)16-24/h5-18,20,32,48H,4,19,21H2,1-3H3,(H,47,49)(H,50,51)/t32-/m0/s1. The van der Waals surface area contributed by atoms with Crippen LogP contribution in [-0.4, -0.2) is 67.2 Å². The van der Waals surface area contributed by atoms with Crippen molar-refractivity contribution in [3.8, 4) is 33.8 Å². The third kappa shape index (κ3) is 8.79. The van der Waals surface area contributed by atoms with Crippen molar-refractivity contribution in [1.82, 2.24) is 20.3 Å². The minimum atomic E-state index is -4.38. The fourth-order valence-corrected chi connectivity index (χ4v) is 7.14. The highest BCUT2D eigenvalue weighted by atomic mass is 32.2. The SMILES string of the molecule is CCOCc1cc(OC)c(-c2cnc(C[C@H](NC(=O)c3c(F)cc(NS(=O)(=O)c4ccc(-c5ccnc(F)c5)cc4)cc3F)C(=O)O)c3cccnc23)c(OC)c1. The molecular formula is C40H34F3N5O8S. The monoisotopic (exact) mass is 801 g/mol. The van der Waals surface area contributed by atoms with Gasteiger partial charge in [-0.1, -0.05) is 12.1 Å². The maximum Gasteiger partial charge on any atom is 0.326 e. The molecule has 17 heteroatoms. The number of hydrogen-bond acceptors (Lipinski definition) is 10. The summed E-state index contributed by atoms with van der Waals surface area (Å²) in [7, 11) is -1.40. The first kappa shape index (κ1) is 40.1. The molecule has 0 aliphatic carbocycles. The van der Waals surface area contributed by atoms with Gasteiger partial charge in [-0.15, -0.1) is 0 Å². The Labute approximate surface area is 324 Å². The number of amides is 1. The number of methoxy groups -OCH3 is 2. The Morgan fingerprint density at radius 2 is 1.54 bits per heavy atom. The Balaban J connectivity index is 1.23.